The van der Waals surface area contributed by atoms with Crippen LogP contribution in [-0.2, 0) is 6.61 Å². The second kappa shape index (κ2) is 5.67. The monoisotopic (exact) mass is 303 g/mol. The maximum atomic E-state index is 9.04. The van der Waals surface area contributed by atoms with Crippen molar-refractivity contribution in [2.24, 2.45) is 0 Å². The Labute approximate surface area is 113 Å². The summed E-state index contributed by atoms with van der Waals surface area (Å²) < 4.78 is 6.59. The van der Waals surface area contributed by atoms with Crippen LogP contribution in [0.3, 0.4) is 0 Å². The Bertz CT molecular complexity index is 588. The number of aliphatic hydroxyl groups excluding tert-OH is 1. The van der Waals surface area contributed by atoms with Crippen molar-refractivity contribution in [3.05, 3.63) is 58.1 Å². The normalized spacial score (nSPS) is 9.83. The predicted octanol–water partition coefficient (Wildman–Crippen LogP) is 3.61. The lowest BCUT2D eigenvalue weighted by molar-refractivity contribution is 0.281. The van der Waals surface area contributed by atoms with Gasteiger partial charge in [-0.05, 0) is 42.0 Å². The topological polar surface area (TPSA) is 53.2 Å². The van der Waals surface area contributed by atoms with Gasteiger partial charge in [0.1, 0.15) is 17.6 Å². The summed E-state index contributed by atoms with van der Waals surface area (Å²) in [7, 11) is 0. The van der Waals surface area contributed by atoms with Crippen LogP contribution in [0.25, 0.3) is 0 Å². The molecule has 90 valence electrons. The second-order valence-corrected chi connectivity index (χ2v) is 4.57. The summed E-state index contributed by atoms with van der Waals surface area (Å²) in [5, 5.41) is 18.1. The van der Waals surface area contributed by atoms with E-state index in [4.69, 9.17) is 15.1 Å². The van der Waals surface area contributed by atoms with E-state index in [9.17, 15) is 0 Å². The van der Waals surface area contributed by atoms with Crippen molar-refractivity contribution < 1.29 is 9.84 Å². The minimum absolute atomic E-state index is 0.0900. The van der Waals surface area contributed by atoms with Crippen molar-refractivity contribution in [2.75, 3.05) is 0 Å². The fourth-order valence-electron chi connectivity index (χ4n) is 1.48. The van der Waals surface area contributed by atoms with Crippen molar-refractivity contribution >= 4 is 15.9 Å². The summed E-state index contributed by atoms with van der Waals surface area (Å²) in [4.78, 5) is 0. The van der Waals surface area contributed by atoms with Crippen molar-refractivity contribution in [2.45, 2.75) is 6.61 Å². The maximum absolute atomic E-state index is 9.04. The lowest BCUT2D eigenvalue weighted by atomic mass is 10.1. The Balaban J connectivity index is 2.29. The summed E-state index contributed by atoms with van der Waals surface area (Å²) in [6.07, 6.45) is 0. The first-order valence-electron chi connectivity index (χ1n) is 5.30. The van der Waals surface area contributed by atoms with E-state index in [2.05, 4.69) is 22.0 Å². The van der Waals surface area contributed by atoms with Gasteiger partial charge in [0.05, 0.1) is 12.2 Å². The first-order valence-corrected chi connectivity index (χ1v) is 6.09. The van der Waals surface area contributed by atoms with Crippen LogP contribution in [0.4, 0.5) is 0 Å². The van der Waals surface area contributed by atoms with E-state index in [1.807, 2.05) is 24.3 Å². The number of nitriles is 1. The second-order valence-electron chi connectivity index (χ2n) is 3.66. The van der Waals surface area contributed by atoms with Crippen LogP contribution < -0.4 is 4.74 Å². The number of halogens is 1. The zero-order chi connectivity index (χ0) is 13.0. The number of rotatable bonds is 3. The maximum Gasteiger partial charge on any atom is 0.145 e. The van der Waals surface area contributed by atoms with Gasteiger partial charge in [-0.15, -0.1) is 0 Å². The number of aliphatic hydroxyl groups is 1. The minimum atomic E-state index is -0.0900. The highest BCUT2D eigenvalue weighted by atomic mass is 79.9. The van der Waals surface area contributed by atoms with Crippen molar-refractivity contribution in [3.63, 3.8) is 0 Å². The first kappa shape index (κ1) is 12.6. The molecule has 2 aromatic carbocycles. The highest BCUT2D eigenvalue weighted by molar-refractivity contribution is 9.10. The molecule has 0 heterocycles. The zero-order valence-electron chi connectivity index (χ0n) is 9.43. The SMILES string of the molecule is N#Cc1cc(CO)ccc1Oc1ccc(Br)cc1. The average molecular weight is 304 g/mol. The molecule has 0 aromatic heterocycles. The molecule has 0 aliphatic rings. The fraction of sp³-hybridized carbons (Fsp3) is 0.0714. The van der Waals surface area contributed by atoms with Gasteiger partial charge in [-0.25, -0.2) is 0 Å². The third kappa shape index (κ3) is 2.89. The van der Waals surface area contributed by atoms with Gasteiger partial charge in [0.2, 0.25) is 0 Å². The molecule has 2 aromatic rings. The molecule has 0 aliphatic carbocycles. The van der Waals surface area contributed by atoms with Crippen LogP contribution in [0.1, 0.15) is 11.1 Å². The van der Waals surface area contributed by atoms with Gasteiger partial charge in [-0.2, -0.15) is 5.26 Å². The van der Waals surface area contributed by atoms with Gasteiger partial charge in [0.15, 0.2) is 0 Å². The van der Waals surface area contributed by atoms with Crippen LogP contribution in [0.5, 0.6) is 11.5 Å². The molecule has 0 saturated heterocycles. The van der Waals surface area contributed by atoms with E-state index in [0.29, 0.717) is 22.6 Å². The molecule has 18 heavy (non-hydrogen) atoms. The van der Waals surface area contributed by atoms with E-state index in [-0.39, 0.29) is 6.61 Å². The molecule has 2 rings (SSSR count). The molecule has 0 radical (unpaired) electrons. The molecule has 3 nitrogen and oxygen atoms in total. The van der Waals surface area contributed by atoms with Crippen molar-refractivity contribution in [1.82, 2.24) is 0 Å². The molecule has 0 atom stereocenters. The van der Waals surface area contributed by atoms with Crippen molar-refractivity contribution in [3.8, 4) is 17.6 Å². The van der Waals surface area contributed by atoms with E-state index in [1.54, 1.807) is 18.2 Å². The molecule has 0 unspecified atom stereocenters. The molecule has 0 fully saturated rings. The molecule has 0 bridgehead atoms. The largest absolute Gasteiger partial charge is 0.456 e. The number of benzene rings is 2. The Kier molecular flexibility index (Phi) is 3.98. The summed E-state index contributed by atoms with van der Waals surface area (Å²) in [5.74, 6) is 1.14. The predicted molar refractivity (Wildman–Crippen MR) is 71.3 cm³/mol. The molecule has 0 spiro atoms. The van der Waals surface area contributed by atoms with Gasteiger partial charge in [-0.1, -0.05) is 22.0 Å². The van der Waals surface area contributed by atoms with E-state index in [1.165, 1.54) is 0 Å². The third-order valence-corrected chi connectivity index (χ3v) is 2.92. The number of ether oxygens (including phenoxy) is 1. The van der Waals surface area contributed by atoms with Crippen LogP contribution in [0.15, 0.2) is 46.9 Å². The quantitative estimate of drug-likeness (QED) is 0.942. The summed E-state index contributed by atoms with van der Waals surface area (Å²) >= 11 is 3.34. The average Bonchev–Trinajstić information content (AvgIpc) is 2.41. The lowest BCUT2D eigenvalue weighted by Gasteiger charge is -2.08. The Morgan fingerprint density at radius 2 is 1.89 bits per heavy atom. The van der Waals surface area contributed by atoms with Crippen LogP contribution >= 0.6 is 15.9 Å². The van der Waals surface area contributed by atoms with Gasteiger partial charge >= 0.3 is 0 Å². The highest BCUT2D eigenvalue weighted by Crippen LogP contribution is 2.26. The number of nitrogens with zero attached hydrogens (tertiary/aromatic N) is 1. The summed E-state index contributed by atoms with van der Waals surface area (Å²) in [6.45, 7) is -0.0900. The van der Waals surface area contributed by atoms with E-state index in [0.717, 1.165) is 4.47 Å². The van der Waals surface area contributed by atoms with Crippen LogP contribution in [-0.4, -0.2) is 5.11 Å². The van der Waals surface area contributed by atoms with Gasteiger partial charge in [-0.3, -0.25) is 0 Å². The standard InChI is InChI=1S/C14H10BrNO2/c15-12-2-4-13(5-3-12)18-14-6-1-10(9-17)7-11(14)8-16/h1-7,17H,9H2. The minimum Gasteiger partial charge on any atom is -0.456 e. The Morgan fingerprint density at radius 1 is 1.17 bits per heavy atom. The van der Waals surface area contributed by atoms with Crippen molar-refractivity contribution in [1.29, 1.82) is 5.26 Å². The zero-order valence-corrected chi connectivity index (χ0v) is 11.0. The van der Waals surface area contributed by atoms with E-state index >= 15 is 0 Å². The smallest absolute Gasteiger partial charge is 0.145 e. The van der Waals surface area contributed by atoms with Gasteiger partial charge < -0.3 is 9.84 Å². The van der Waals surface area contributed by atoms with Crippen LogP contribution in [0.2, 0.25) is 0 Å². The first-order chi connectivity index (χ1) is 8.72. The number of hydrogen-bond donors (Lipinski definition) is 1. The summed E-state index contributed by atoms with van der Waals surface area (Å²) in [5.41, 5.74) is 1.10. The fourth-order valence-corrected chi connectivity index (χ4v) is 1.75. The third-order valence-electron chi connectivity index (χ3n) is 2.39. The van der Waals surface area contributed by atoms with Crippen LogP contribution in [0, 0.1) is 11.3 Å². The van der Waals surface area contributed by atoms with Gasteiger partial charge in [0.25, 0.3) is 0 Å². The number of hydrogen-bond acceptors (Lipinski definition) is 3. The summed E-state index contributed by atoms with van der Waals surface area (Å²) in [6, 6.07) is 14.4. The molecular weight excluding hydrogens is 294 g/mol. The molecule has 4 heteroatoms. The Hall–Kier alpha value is -1.83. The lowest BCUT2D eigenvalue weighted by Crippen LogP contribution is -1.91. The Morgan fingerprint density at radius 3 is 2.50 bits per heavy atom. The highest BCUT2D eigenvalue weighted by Gasteiger charge is 2.05. The molecule has 0 aliphatic heterocycles. The molecule has 0 saturated carbocycles. The molecule has 0 amide bonds. The molecule has 1 N–H and O–H groups in total. The van der Waals surface area contributed by atoms with Gasteiger partial charge in [0, 0.05) is 4.47 Å². The molecular formula is C14H10BrNO2. The van der Waals surface area contributed by atoms with E-state index < -0.39 is 0 Å².